The smallest absolute Gasteiger partial charge is 0.391 e. The van der Waals surface area contributed by atoms with E-state index in [-0.39, 0.29) is 37.3 Å². The van der Waals surface area contributed by atoms with Crippen LogP contribution < -0.4 is 5.56 Å². The van der Waals surface area contributed by atoms with Crippen molar-refractivity contribution >= 4 is 11.6 Å². The standard InChI is InChI=1S/C18H18ClF3N2O2/c1-10-15(25)17(26)24(14-8-6-13(19)7-9-14)16(23-10)11-2-4-12(5-3-11)18(20,21)22/h6-9,11-12,25H,2-5H2,1H3. The quantitative estimate of drug-likeness (QED) is 0.811. The summed E-state index contributed by atoms with van der Waals surface area (Å²) in [6, 6.07) is 6.44. The van der Waals surface area contributed by atoms with Crippen LogP contribution in [0.2, 0.25) is 5.02 Å². The van der Waals surface area contributed by atoms with Crippen molar-refractivity contribution in [1.29, 1.82) is 0 Å². The van der Waals surface area contributed by atoms with Gasteiger partial charge in [-0.2, -0.15) is 13.2 Å². The number of hydrogen-bond donors (Lipinski definition) is 1. The fraction of sp³-hybridized carbons (Fsp3) is 0.444. The maximum Gasteiger partial charge on any atom is 0.391 e. The minimum Gasteiger partial charge on any atom is -0.502 e. The highest BCUT2D eigenvalue weighted by Crippen LogP contribution is 2.42. The summed E-state index contributed by atoms with van der Waals surface area (Å²) in [5.41, 5.74) is 0.0103. The molecule has 4 nitrogen and oxygen atoms in total. The van der Waals surface area contributed by atoms with E-state index in [9.17, 15) is 23.1 Å². The van der Waals surface area contributed by atoms with E-state index in [1.807, 2.05) is 0 Å². The van der Waals surface area contributed by atoms with E-state index in [4.69, 9.17) is 11.6 Å². The van der Waals surface area contributed by atoms with Gasteiger partial charge in [0.1, 0.15) is 5.82 Å². The maximum atomic E-state index is 12.9. The number of alkyl halides is 3. The molecule has 1 N–H and O–H groups in total. The van der Waals surface area contributed by atoms with Crippen molar-refractivity contribution in [2.24, 2.45) is 5.92 Å². The maximum absolute atomic E-state index is 12.9. The Morgan fingerprint density at radius 2 is 1.73 bits per heavy atom. The van der Waals surface area contributed by atoms with Gasteiger partial charge in [0, 0.05) is 10.9 Å². The molecule has 2 aromatic rings. The summed E-state index contributed by atoms with van der Waals surface area (Å²) in [5.74, 6) is -1.68. The van der Waals surface area contributed by atoms with Gasteiger partial charge in [-0.15, -0.1) is 0 Å². The van der Waals surface area contributed by atoms with Crippen LogP contribution in [-0.4, -0.2) is 20.8 Å². The molecular weight excluding hydrogens is 369 g/mol. The van der Waals surface area contributed by atoms with Crippen LogP contribution in [-0.2, 0) is 0 Å². The van der Waals surface area contributed by atoms with Gasteiger partial charge in [0.15, 0.2) is 0 Å². The van der Waals surface area contributed by atoms with Crippen LogP contribution in [0.15, 0.2) is 29.1 Å². The van der Waals surface area contributed by atoms with Gasteiger partial charge in [0.25, 0.3) is 0 Å². The molecule has 1 aromatic heterocycles. The average molecular weight is 387 g/mol. The van der Waals surface area contributed by atoms with Gasteiger partial charge in [-0.1, -0.05) is 11.6 Å². The number of hydrogen-bond acceptors (Lipinski definition) is 3. The van der Waals surface area contributed by atoms with Crippen molar-refractivity contribution in [1.82, 2.24) is 9.55 Å². The number of nitrogens with zero attached hydrogens (tertiary/aromatic N) is 2. The van der Waals surface area contributed by atoms with E-state index in [2.05, 4.69) is 4.98 Å². The lowest BCUT2D eigenvalue weighted by atomic mass is 9.81. The summed E-state index contributed by atoms with van der Waals surface area (Å²) in [5, 5.41) is 10.5. The van der Waals surface area contributed by atoms with Gasteiger partial charge >= 0.3 is 11.7 Å². The fourth-order valence-corrected chi connectivity index (χ4v) is 3.56. The van der Waals surface area contributed by atoms with Crippen molar-refractivity contribution in [2.75, 3.05) is 0 Å². The molecule has 140 valence electrons. The predicted molar refractivity (Wildman–Crippen MR) is 92.0 cm³/mol. The van der Waals surface area contributed by atoms with Crippen LogP contribution in [0, 0.1) is 12.8 Å². The van der Waals surface area contributed by atoms with Crippen molar-refractivity contribution in [2.45, 2.75) is 44.7 Å². The van der Waals surface area contributed by atoms with Crippen molar-refractivity contribution in [3.05, 3.63) is 51.2 Å². The highest BCUT2D eigenvalue weighted by Gasteiger charge is 2.42. The van der Waals surface area contributed by atoms with Gasteiger partial charge in [-0.25, -0.2) is 4.98 Å². The zero-order valence-corrected chi connectivity index (χ0v) is 14.8. The van der Waals surface area contributed by atoms with Crippen LogP contribution in [0.5, 0.6) is 5.75 Å². The number of halogens is 4. The molecule has 1 saturated carbocycles. The van der Waals surface area contributed by atoms with E-state index in [0.29, 0.717) is 16.5 Å². The molecule has 0 unspecified atom stereocenters. The molecule has 1 fully saturated rings. The number of rotatable bonds is 2. The molecule has 1 aromatic carbocycles. The normalized spacial score (nSPS) is 21.0. The van der Waals surface area contributed by atoms with E-state index >= 15 is 0 Å². The Morgan fingerprint density at radius 3 is 2.27 bits per heavy atom. The van der Waals surface area contributed by atoms with E-state index in [0.717, 1.165) is 0 Å². The molecule has 26 heavy (non-hydrogen) atoms. The Bertz CT molecular complexity index is 854. The number of aromatic nitrogens is 2. The zero-order valence-electron chi connectivity index (χ0n) is 14.1. The largest absolute Gasteiger partial charge is 0.502 e. The molecule has 1 heterocycles. The lowest BCUT2D eigenvalue weighted by Gasteiger charge is -2.30. The highest BCUT2D eigenvalue weighted by molar-refractivity contribution is 6.30. The highest BCUT2D eigenvalue weighted by atomic mass is 35.5. The van der Waals surface area contributed by atoms with Gasteiger partial charge in [-0.05, 0) is 56.9 Å². The van der Waals surface area contributed by atoms with Gasteiger partial charge in [0.2, 0.25) is 5.75 Å². The number of aryl methyl sites for hydroxylation is 1. The third-order valence-electron chi connectivity index (χ3n) is 4.90. The third kappa shape index (κ3) is 3.58. The van der Waals surface area contributed by atoms with Crippen molar-refractivity contribution < 1.29 is 18.3 Å². The minimum absolute atomic E-state index is 0.00454. The van der Waals surface area contributed by atoms with Crippen LogP contribution in [0.4, 0.5) is 13.2 Å². The fourth-order valence-electron chi connectivity index (χ4n) is 3.43. The van der Waals surface area contributed by atoms with Crippen LogP contribution in [0.3, 0.4) is 0 Å². The van der Waals surface area contributed by atoms with E-state index in [1.54, 1.807) is 24.3 Å². The van der Waals surface area contributed by atoms with E-state index in [1.165, 1.54) is 11.5 Å². The molecule has 0 atom stereocenters. The molecule has 8 heteroatoms. The predicted octanol–water partition coefficient (Wildman–Crippen LogP) is 4.74. The molecular formula is C18H18ClF3N2O2. The topological polar surface area (TPSA) is 55.1 Å². The SMILES string of the molecule is Cc1nc(C2CCC(C(F)(F)F)CC2)n(-c2ccc(Cl)cc2)c(=O)c1O. The summed E-state index contributed by atoms with van der Waals surface area (Å²) in [7, 11) is 0. The monoisotopic (exact) mass is 386 g/mol. The molecule has 0 amide bonds. The lowest BCUT2D eigenvalue weighted by Crippen LogP contribution is -2.31. The first-order chi connectivity index (χ1) is 12.2. The van der Waals surface area contributed by atoms with Crippen LogP contribution in [0.1, 0.15) is 43.1 Å². The number of aromatic hydroxyl groups is 1. The first kappa shape index (κ1) is 18.8. The molecule has 0 bridgehead atoms. The Labute approximate surface area is 153 Å². The molecule has 0 saturated heterocycles. The summed E-state index contributed by atoms with van der Waals surface area (Å²) < 4.78 is 40.0. The van der Waals surface area contributed by atoms with Crippen molar-refractivity contribution in [3.63, 3.8) is 0 Å². The molecule has 3 rings (SSSR count). The Balaban J connectivity index is 2.02. The first-order valence-corrected chi connectivity index (χ1v) is 8.71. The second-order valence-electron chi connectivity index (χ2n) is 6.61. The van der Waals surface area contributed by atoms with Crippen molar-refractivity contribution in [3.8, 4) is 11.4 Å². The van der Waals surface area contributed by atoms with E-state index < -0.39 is 23.4 Å². The zero-order chi connectivity index (χ0) is 19.1. The first-order valence-electron chi connectivity index (χ1n) is 8.33. The van der Waals surface area contributed by atoms with Crippen LogP contribution in [0.25, 0.3) is 5.69 Å². The van der Waals surface area contributed by atoms with Gasteiger partial charge < -0.3 is 5.11 Å². The number of benzene rings is 1. The summed E-state index contributed by atoms with van der Waals surface area (Å²) in [6.07, 6.45) is -3.61. The molecule has 0 spiro atoms. The molecule has 0 aliphatic heterocycles. The third-order valence-corrected chi connectivity index (χ3v) is 5.15. The molecule has 0 radical (unpaired) electrons. The minimum atomic E-state index is -4.20. The van der Waals surface area contributed by atoms with Gasteiger partial charge in [-0.3, -0.25) is 9.36 Å². The summed E-state index contributed by atoms with van der Waals surface area (Å²) >= 11 is 5.88. The lowest BCUT2D eigenvalue weighted by molar-refractivity contribution is -0.182. The second-order valence-corrected chi connectivity index (χ2v) is 7.05. The molecule has 1 aliphatic carbocycles. The Morgan fingerprint density at radius 1 is 1.15 bits per heavy atom. The summed E-state index contributed by atoms with van der Waals surface area (Å²) in [6.45, 7) is 1.51. The van der Waals surface area contributed by atoms with Gasteiger partial charge in [0.05, 0.1) is 17.3 Å². The Kier molecular flexibility index (Phi) is 5.01. The average Bonchev–Trinajstić information content (AvgIpc) is 2.60. The summed E-state index contributed by atoms with van der Waals surface area (Å²) in [4.78, 5) is 17.0. The Hall–Kier alpha value is -2.02. The van der Waals surface area contributed by atoms with Crippen LogP contribution >= 0.6 is 11.6 Å². The second kappa shape index (κ2) is 6.95. The molecule has 1 aliphatic rings.